The number of nitrogens with one attached hydrogen (secondary N) is 1. The normalized spacial score (nSPS) is 24.1. The summed E-state index contributed by atoms with van der Waals surface area (Å²) in [7, 11) is 0. The highest BCUT2D eigenvalue weighted by atomic mass is 19.1. The number of pyridine rings is 1. The van der Waals surface area contributed by atoms with Crippen molar-refractivity contribution in [2.24, 2.45) is 0 Å². The number of benzene rings is 1. The zero-order chi connectivity index (χ0) is 28.7. The minimum atomic E-state index is -0.793. The number of rotatable bonds is 6. The second-order valence-corrected chi connectivity index (χ2v) is 11.2. The smallest absolute Gasteiger partial charge is 0.223 e. The quantitative estimate of drug-likeness (QED) is 0.472. The molecule has 11 heteroatoms. The monoisotopic (exact) mass is 557 g/mol. The van der Waals surface area contributed by atoms with Crippen molar-refractivity contribution in [3.8, 4) is 11.3 Å². The molecule has 0 radical (unpaired) electrons. The van der Waals surface area contributed by atoms with Crippen LogP contribution in [0.25, 0.3) is 22.2 Å². The highest BCUT2D eigenvalue weighted by Gasteiger charge is 2.30. The van der Waals surface area contributed by atoms with E-state index in [1.807, 2.05) is 18.4 Å². The molecule has 40 heavy (non-hydrogen) atoms. The third-order valence-corrected chi connectivity index (χ3v) is 8.01. The number of fused-ring (bicyclic) bond motifs is 1. The molecule has 2 fully saturated rings. The molecule has 2 saturated heterocycles. The third-order valence-electron chi connectivity index (χ3n) is 8.01. The van der Waals surface area contributed by atoms with Crippen molar-refractivity contribution in [1.29, 1.82) is 0 Å². The number of hydrogen-bond donors (Lipinski definition) is 2. The van der Waals surface area contributed by atoms with E-state index >= 15 is 8.78 Å². The summed E-state index contributed by atoms with van der Waals surface area (Å²) < 4.78 is 44.4. The molecule has 5 rings (SSSR count). The van der Waals surface area contributed by atoms with E-state index < -0.39 is 17.7 Å². The molecule has 4 atom stereocenters. The highest BCUT2D eigenvalue weighted by Crippen LogP contribution is 2.33. The van der Waals surface area contributed by atoms with Gasteiger partial charge in [0.15, 0.2) is 17.1 Å². The Morgan fingerprint density at radius 3 is 2.55 bits per heavy atom. The molecule has 216 valence electrons. The second kappa shape index (κ2) is 11.5. The van der Waals surface area contributed by atoms with Crippen LogP contribution in [0.1, 0.15) is 51.4 Å². The van der Waals surface area contributed by atoms with Crippen molar-refractivity contribution in [2.75, 3.05) is 31.7 Å². The minimum absolute atomic E-state index is 0.0697. The average molecular weight is 558 g/mol. The molecule has 0 amide bonds. The fourth-order valence-corrected chi connectivity index (χ4v) is 5.78. The number of anilines is 1. The molecule has 2 N–H and O–H groups in total. The molecule has 0 aliphatic carbocycles. The maximum absolute atomic E-state index is 16.5. The van der Waals surface area contributed by atoms with Crippen molar-refractivity contribution in [1.82, 2.24) is 19.4 Å². The zero-order valence-corrected chi connectivity index (χ0v) is 23.6. The lowest BCUT2D eigenvalue weighted by molar-refractivity contribution is -0.0421. The Morgan fingerprint density at radius 2 is 1.88 bits per heavy atom. The van der Waals surface area contributed by atoms with Gasteiger partial charge in [0.2, 0.25) is 5.95 Å². The van der Waals surface area contributed by atoms with Gasteiger partial charge < -0.3 is 24.5 Å². The Morgan fingerprint density at radius 1 is 1.15 bits per heavy atom. The maximum atomic E-state index is 16.5. The van der Waals surface area contributed by atoms with Crippen LogP contribution in [0.4, 0.5) is 14.7 Å². The number of nitrogens with zero attached hydrogens (tertiary/aromatic N) is 4. The summed E-state index contributed by atoms with van der Waals surface area (Å²) >= 11 is 0. The predicted octanol–water partition coefficient (Wildman–Crippen LogP) is 3.80. The molecule has 0 unspecified atom stereocenters. The zero-order valence-electron chi connectivity index (χ0n) is 23.6. The Balaban J connectivity index is 1.64. The second-order valence-electron chi connectivity index (χ2n) is 11.2. The van der Waals surface area contributed by atoms with Crippen LogP contribution in [0.2, 0.25) is 0 Å². The first-order valence-electron chi connectivity index (χ1n) is 13.8. The summed E-state index contributed by atoms with van der Waals surface area (Å²) in [5.41, 5.74) is 0.870. The Hall–Kier alpha value is -2.99. The van der Waals surface area contributed by atoms with Gasteiger partial charge in [-0.3, -0.25) is 9.69 Å². The topological polar surface area (TPSA) is 102 Å². The van der Waals surface area contributed by atoms with Crippen molar-refractivity contribution in [2.45, 2.75) is 77.9 Å². The summed E-state index contributed by atoms with van der Waals surface area (Å²) in [4.78, 5) is 24.1. The molecule has 2 aliphatic rings. The molecular formula is C29H37F2N5O4. The van der Waals surface area contributed by atoms with Crippen LogP contribution in [0.5, 0.6) is 0 Å². The minimum Gasteiger partial charge on any atom is -0.389 e. The summed E-state index contributed by atoms with van der Waals surface area (Å²) in [6.45, 7) is 12.1. The van der Waals surface area contributed by atoms with Crippen molar-refractivity contribution in [3.05, 3.63) is 51.4 Å². The highest BCUT2D eigenvalue weighted by molar-refractivity contribution is 5.86. The Labute approximate surface area is 232 Å². The molecule has 3 aromatic rings. The SMILES string of the molecule is Cc1c(CN2[C@H](C)COC[C@@H]2C)n(C(C)C)c2c(F)c(-c3nc(N[C@@H]4CCOC[C@H]4O)ncc3F)ccc2c1=O. The molecule has 2 aromatic heterocycles. The van der Waals surface area contributed by atoms with E-state index in [4.69, 9.17) is 9.47 Å². The van der Waals surface area contributed by atoms with Crippen LogP contribution in [0, 0.1) is 18.6 Å². The fraction of sp³-hybridized carbons (Fsp3) is 0.552. The van der Waals surface area contributed by atoms with Crippen molar-refractivity contribution < 1.29 is 23.4 Å². The van der Waals surface area contributed by atoms with E-state index in [-0.39, 0.29) is 64.3 Å². The van der Waals surface area contributed by atoms with E-state index in [1.165, 1.54) is 6.07 Å². The van der Waals surface area contributed by atoms with Crippen LogP contribution in [-0.2, 0) is 16.0 Å². The third kappa shape index (κ3) is 5.23. The maximum Gasteiger partial charge on any atom is 0.223 e. The molecule has 4 heterocycles. The van der Waals surface area contributed by atoms with Gasteiger partial charge in [-0.2, -0.15) is 0 Å². The van der Waals surface area contributed by atoms with Crippen LogP contribution in [0.15, 0.2) is 23.1 Å². The Kier molecular flexibility index (Phi) is 8.19. The van der Waals surface area contributed by atoms with Crippen molar-refractivity contribution in [3.63, 3.8) is 0 Å². The summed E-state index contributed by atoms with van der Waals surface area (Å²) in [5.74, 6) is -1.44. The van der Waals surface area contributed by atoms with Gasteiger partial charge in [-0.15, -0.1) is 0 Å². The van der Waals surface area contributed by atoms with E-state index in [1.54, 1.807) is 13.0 Å². The van der Waals surface area contributed by atoms with Crippen LogP contribution in [0.3, 0.4) is 0 Å². The largest absolute Gasteiger partial charge is 0.389 e. The van der Waals surface area contributed by atoms with Gasteiger partial charge in [0.1, 0.15) is 5.69 Å². The first-order chi connectivity index (χ1) is 19.1. The number of halogens is 2. The van der Waals surface area contributed by atoms with Crippen LogP contribution >= 0.6 is 0 Å². The summed E-state index contributed by atoms with van der Waals surface area (Å²) in [6.07, 6.45) is 0.726. The number of aliphatic hydroxyl groups excluding tert-OH is 1. The number of aromatic nitrogens is 3. The van der Waals surface area contributed by atoms with Gasteiger partial charge in [0, 0.05) is 53.5 Å². The van der Waals surface area contributed by atoms with Gasteiger partial charge in [-0.25, -0.2) is 18.7 Å². The molecule has 0 spiro atoms. The standard InChI is InChI=1S/C29H37F2N5O4/c1-15(2)36-23(11-35-16(3)12-40-13-17(35)4)18(5)28(38)20-7-6-19(25(31)27(20)36)26-21(30)10-32-29(34-26)33-22-8-9-39-14-24(22)37/h6-7,10,15-17,22,24,37H,8-9,11-14H2,1-5H3,(H,32,33,34)/t16-,17+,22-,24-/m1/s1. The first kappa shape index (κ1) is 28.5. The molecule has 0 saturated carbocycles. The van der Waals surface area contributed by atoms with Gasteiger partial charge in [0.05, 0.1) is 43.7 Å². The lowest BCUT2D eigenvalue weighted by Gasteiger charge is -2.39. The van der Waals surface area contributed by atoms with Gasteiger partial charge in [0.25, 0.3) is 0 Å². The fourth-order valence-electron chi connectivity index (χ4n) is 5.78. The molecule has 0 bridgehead atoms. The molecule has 2 aliphatic heterocycles. The van der Waals surface area contributed by atoms with E-state index in [0.717, 1.165) is 11.9 Å². The van der Waals surface area contributed by atoms with Crippen LogP contribution < -0.4 is 10.7 Å². The number of aliphatic hydroxyl groups is 1. The van der Waals surface area contributed by atoms with Crippen LogP contribution in [-0.4, -0.2) is 75.2 Å². The first-order valence-corrected chi connectivity index (χ1v) is 13.8. The van der Waals surface area contributed by atoms with E-state index in [2.05, 4.69) is 34.0 Å². The number of ether oxygens (including phenoxy) is 2. The molecule has 1 aromatic carbocycles. The van der Waals surface area contributed by atoms with E-state index in [0.29, 0.717) is 38.3 Å². The van der Waals surface area contributed by atoms with Gasteiger partial charge >= 0.3 is 0 Å². The number of hydrogen-bond acceptors (Lipinski definition) is 8. The lowest BCUT2D eigenvalue weighted by atomic mass is 10.0. The molecular weight excluding hydrogens is 520 g/mol. The summed E-state index contributed by atoms with van der Waals surface area (Å²) in [6, 6.07) is 2.63. The van der Waals surface area contributed by atoms with Crippen molar-refractivity contribution >= 4 is 16.9 Å². The average Bonchev–Trinajstić information content (AvgIpc) is 2.91. The predicted molar refractivity (Wildman–Crippen MR) is 148 cm³/mol. The van der Waals surface area contributed by atoms with Gasteiger partial charge in [-0.05, 0) is 53.2 Å². The summed E-state index contributed by atoms with van der Waals surface area (Å²) in [5, 5.41) is 13.5. The number of morpholine rings is 1. The van der Waals surface area contributed by atoms with E-state index in [9.17, 15) is 9.90 Å². The lowest BCUT2D eigenvalue weighted by Crippen LogP contribution is -2.49. The molecule has 9 nitrogen and oxygen atoms in total. The Bertz CT molecular complexity index is 1450. The van der Waals surface area contributed by atoms with Gasteiger partial charge in [-0.1, -0.05) is 0 Å².